The van der Waals surface area contributed by atoms with E-state index in [-0.39, 0.29) is 10.8 Å². The molecule has 0 atom stereocenters. The maximum Gasteiger partial charge on any atom is 0.255 e. The molecule has 1 amide bonds. The SMILES string of the molecule is Cc1ccc(NC(=O)c2ccc(SC(C)C)cc2)cc1S(=O)(=O)N1CCOCC1. The topological polar surface area (TPSA) is 75.7 Å². The van der Waals surface area contributed by atoms with E-state index in [1.165, 1.54) is 10.4 Å². The van der Waals surface area contributed by atoms with Crippen LogP contribution in [0.3, 0.4) is 0 Å². The number of hydrogen-bond donors (Lipinski definition) is 1. The molecule has 2 aromatic rings. The minimum atomic E-state index is -3.63. The molecule has 1 N–H and O–H groups in total. The molecule has 1 saturated heterocycles. The van der Waals surface area contributed by atoms with Gasteiger partial charge in [0, 0.05) is 34.5 Å². The highest BCUT2D eigenvalue weighted by Crippen LogP contribution is 2.26. The lowest BCUT2D eigenvalue weighted by atomic mass is 10.2. The number of thioether (sulfide) groups is 1. The summed E-state index contributed by atoms with van der Waals surface area (Å²) < 4.78 is 32.7. The van der Waals surface area contributed by atoms with Gasteiger partial charge in [-0.05, 0) is 48.9 Å². The van der Waals surface area contributed by atoms with Crippen molar-refractivity contribution in [2.24, 2.45) is 0 Å². The van der Waals surface area contributed by atoms with E-state index in [2.05, 4.69) is 19.2 Å². The smallest absolute Gasteiger partial charge is 0.255 e. The number of carbonyl (C=O) groups excluding carboxylic acids is 1. The number of nitrogens with zero attached hydrogens (tertiary/aromatic N) is 1. The fraction of sp³-hybridized carbons (Fsp3) is 0.381. The van der Waals surface area contributed by atoms with Crippen LogP contribution < -0.4 is 5.32 Å². The van der Waals surface area contributed by atoms with E-state index < -0.39 is 10.0 Å². The van der Waals surface area contributed by atoms with Crippen molar-refractivity contribution in [1.29, 1.82) is 0 Å². The van der Waals surface area contributed by atoms with Crippen LogP contribution >= 0.6 is 11.8 Å². The fourth-order valence-corrected chi connectivity index (χ4v) is 5.54. The van der Waals surface area contributed by atoms with Gasteiger partial charge in [-0.25, -0.2) is 8.42 Å². The Morgan fingerprint density at radius 2 is 1.76 bits per heavy atom. The maximum atomic E-state index is 13.0. The minimum absolute atomic E-state index is 0.209. The standard InChI is InChI=1S/C21H26N2O4S2/c1-15(2)28-19-8-5-17(6-9-19)21(24)22-18-7-4-16(3)20(14-18)29(25,26)23-10-12-27-13-11-23/h4-9,14-15H,10-13H2,1-3H3,(H,22,24). The summed E-state index contributed by atoms with van der Waals surface area (Å²) in [5.41, 5.74) is 1.62. The van der Waals surface area contributed by atoms with Crippen LogP contribution in [0.15, 0.2) is 52.3 Å². The van der Waals surface area contributed by atoms with Crippen molar-refractivity contribution in [1.82, 2.24) is 4.31 Å². The third-order valence-corrected chi connectivity index (χ3v) is 7.58. The number of rotatable bonds is 6. The molecule has 1 aliphatic heterocycles. The lowest BCUT2D eigenvalue weighted by Gasteiger charge is -2.26. The lowest BCUT2D eigenvalue weighted by Crippen LogP contribution is -2.40. The Bertz CT molecular complexity index is 967. The summed E-state index contributed by atoms with van der Waals surface area (Å²) in [4.78, 5) is 13.9. The van der Waals surface area contributed by atoms with Crippen molar-refractivity contribution in [3.05, 3.63) is 53.6 Å². The van der Waals surface area contributed by atoms with E-state index in [0.717, 1.165) is 4.90 Å². The van der Waals surface area contributed by atoms with Gasteiger partial charge in [0.25, 0.3) is 5.91 Å². The Hall–Kier alpha value is -1.87. The second kappa shape index (κ2) is 9.30. The van der Waals surface area contributed by atoms with Gasteiger partial charge in [-0.15, -0.1) is 11.8 Å². The summed E-state index contributed by atoms with van der Waals surface area (Å²) in [6.45, 7) is 7.43. The van der Waals surface area contributed by atoms with E-state index in [4.69, 9.17) is 4.74 Å². The van der Waals surface area contributed by atoms with Crippen LogP contribution in [-0.2, 0) is 14.8 Å². The van der Waals surface area contributed by atoms with Crippen LogP contribution in [0, 0.1) is 6.92 Å². The summed E-state index contributed by atoms with van der Waals surface area (Å²) in [5.74, 6) is -0.273. The molecule has 0 aliphatic carbocycles. The molecule has 1 aliphatic rings. The normalized spacial score (nSPS) is 15.4. The first-order chi connectivity index (χ1) is 13.8. The zero-order valence-corrected chi connectivity index (χ0v) is 18.5. The number of nitrogens with one attached hydrogen (secondary N) is 1. The molecule has 0 aromatic heterocycles. The van der Waals surface area contributed by atoms with Gasteiger partial charge in [0.15, 0.2) is 0 Å². The monoisotopic (exact) mass is 434 g/mol. The molecule has 0 unspecified atom stereocenters. The molecule has 29 heavy (non-hydrogen) atoms. The minimum Gasteiger partial charge on any atom is -0.379 e. The van der Waals surface area contributed by atoms with Crippen LogP contribution in [0.2, 0.25) is 0 Å². The zero-order valence-electron chi connectivity index (χ0n) is 16.8. The number of morpholine rings is 1. The summed E-state index contributed by atoms with van der Waals surface area (Å²) in [7, 11) is -3.63. The highest BCUT2D eigenvalue weighted by molar-refractivity contribution is 7.99. The third-order valence-electron chi connectivity index (χ3n) is 4.52. The Morgan fingerprint density at radius 1 is 1.10 bits per heavy atom. The summed E-state index contributed by atoms with van der Waals surface area (Å²) in [6, 6.07) is 12.4. The molecule has 6 nitrogen and oxygen atoms in total. The van der Waals surface area contributed by atoms with E-state index in [1.807, 2.05) is 12.1 Å². The predicted octanol–water partition coefficient (Wildman–Crippen LogP) is 3.77. The van der Waals surface area contributed by atoms with Crippen LogP contribution in [0.1, 0.15) is 29.8 Å². The first-order valence-electron chi connectivity index (χ1n) is 9.54. The van der Waals surface area contributed by atoms with Gasteiger partial charge in [-0.1, -0.05) is 19.9 Å². The average molecular weight is 435 g/mol. The average Bonchev–Trinajstić information content (AvgIpc) is 2.70. The third kappa shape index (κ3) is 5.39. The molecule has 3 rings (SSSR count). The van der Waals surface area contributed by atoms with Gasteiger partial charge in [0.1, 0.15) is 0 Å². The number of hydrogen-bond acceptors (Lipinski definition) is 5. The molecule has 156 valence electrons. The molecule has 1 heterocycles. The van der Waals surface area contributed by atoms with Gasteiger partial charge in [-0.2, -0.15) is 4.31 Å². The molecule has 1 fully saturated rings. The molecule has 8 heteroatoms. The second-order valence-electron chi connectivity index (χ2n) is 7.14. The van der Waals surface area contributed by atoms with Crippen molar-refractivity contribution >= 4 is 33.4 Å². The predicted molar refractivity (Wildman–Crippen MR) is 116 cm³/mol. The number of amides is 1. The zero-order chi connectivity index (χ0) is 21.0. The molecular weight excluding hydrogens is 408 g/mol. The largest absolute Gasteiger partial charge is 0.379 e. The van der Waals surface area contributed by atoms with E-state index in [9.17, 15) is 13.2 Å². The van der Waals surface area contributed by atoms with Crippen LogP contribution in [0.5, 0.6) is 0 Å². The first kappa shape index (κ1) is 21.8. The van der Waals surface area contributed by atoms with E-state index in [1.54, 1.807) is 43.0 Å². The van der Waals surface area contributed by atoms with Gasteiger partial charge in [0.2, 0.25) is 10.0 Å². The van der Waals surface area contributed by atoms with Crippen LogP contribution in [-0.4, -0.2) is 50.2 Å². The summed E-state index contributed by atoms with van der Waals surface area (Å²) in [6.07, 6.45) is 0. The number of anilines is 1. The second-order valence-corrected chi connectivity index (χ2v) is 10.7. The fourth-order valence-electron chi connectivity index (χ4n) is 3.04. The quantitative estimate of drug-likeness (QED) is 0.701. The molecule has 0 radical (unpaired) electrons. The highest BCUT2D eigenvalue weighted by atomic mass is 32.2. The van der Waals surface area contributed by atoms with Gasteiger partial charge >= 0.3 is 0 Å². The van der Waals surface area contributed by atoms with E-state index >= 15 is 0 Å². The van der Waals surface area contributed by atoms with Crippen molar-refractivity contribution < 1.29 is 17.9 Å². The van der Waals surface area contributed by atoms with Crippen molar-refractivity contribution in [2.75, 3.05) is 31.6 Å². The van der Waals surface area contributed by atoms with Crippen LogP contribution in [0.4, 0.5) is 5.69 Å². The Morgan fingerprint density at radius 3 is 2.38 bits per heavy atom. The Balaban J connectivity index is 1.78. The number of aryl methyl sites for hydroxylation is 1. The lowest BCUT2D eigenvalue weighted by molar-refractivity contribution is 0.0730. The molecule has 0 spiro atoms. The van der Waals surface area contributed by atoms with Gasteiger partial charge < -0.3 is 10.1 Å². The van der Waals surface area contributed by atoms with Crippen molar-refractivity contribution in [3.63, 3.8) is 0 Å². The molecule has 0 bridgehead atoms. The van der Waals surface area contributed by atoms with Gasteiger partial charge in [0.05, 0.1) is 18.1 Å². The Kier molecular flexibility index (Phi) is 7.00. The van der Waals surface area contributed by atoms with E-state index in [0.29, 0.717) is 48.4 Å². The number of benzene rings is 2. The van der Waals surface area contributed by atoms with Crippen molar-refractivity contribution in [3.8, 4) is 0 Å². The number of sulfonamides is 1. The first-order valence-corrected chi connectivity index (χ1v) is 11.9. The summed E-state index contributed by atoms with van der Waals surface area (Å²) >= 11 is 1.73. The molecule has 2 aromatic carbocycles. The number of carbonyl (C=O) groups is 1. The number of ether oxygens (including phenoxy) is 1. The molecular formula is C21H26N2O4S2. The van der Waals surface area contributed by atoms with Gasteiger partial charge in [-0.3, -0.25) is 4.79 Å². The maximum absolute atomic E-state index is 13.0. The summed E-state index contributed by atoms with van der Waals surface area (Å²) in [5, 5.41) is 3.27. The van der Waals surface area contributed by atoms with Crippen LogP contribution in [0.25, 0.3) is 0 Å². The highest BCUT2D eigenvalue weighted by Gasteiger charge is 2.28. The van der Waals surface area contributed by atoms with Crippen molar-refractivity contribution in [2.45, 2.75) is 35.8 Å². The Labute approximate surface area is 176 Å². The molecule has 0 saturated carbocycles.